The third-order valence-electron chi connectivity index (χ3n) is 4.69. The summed E-state index contributed by atoms with van der Waals surface area (Å²) in [4.78, 5) is 13.1. The maximum atomic E-state index is 13.1. The van der Waals surface area contributed by atoms with Gasteiger partial charge in [-0.15, -0.1) is 13.2 Å². The predicted molar refractivity (Wildman–Crippen MR) is 123 cm³/mol. The average molecular weight is 388 g/mol. The van der Waals surface area contributed by atoms with Crippen molar-refractivity contribution in [3.63, 3.8) is 0 Å². The third kappa shape index (κ3) is 4.06. The molecule has 0 spiro atoms. The number of aryl methyl sites for hydroxylation is 3. The van der Waals surface area contributed by atoms with Gasteiger partial charge in [0, 0.05) is 22.5 Å². The molecule has 150 valence electrons. The van der Waals surface area contributed by atoms with Gasteiger partial charge in [0.1, 0.15) is 0 Å². The normalized spacial score (nSPS) is 9.97. The fraction of sp³-hybridized carbons (Fsp3) is 0.200. The molecule has 2 aromatic heterocycles. The van der Waals surface area contributed by atoms with Gasteiger partial charge in [0.25, 0.3) is 5.56 Å². The van der Waals surface area contributed by atoms with Crippen LogP contribution in [0.2, 0.25) is 0 Å². The van der Waals surface area contributed by atoms with Crippen molar-refractivity contribution >= 4 is 10.8 Å². The summed E-state index contributed by atoms with van der Waals surface area (Å²) in [5.74, 6) is 0. The third-order valence-corrected chi connectivity index (χ3v) is 4.69. The second kappa shape index (κ2) is 9.69. The van der Waals surface area contributed by atoms with Gasteiger partial charge in [0.15, 0.2) is 0 Å². The Morgan fingerprint density at radius 3 is 1.97 bits per heavy atom. The molecular weight excluding hydrogens is 358 g/mol. The lowest BCUT2D eigenvalue weighted by Crippen LogP contribution is -2.21. The summed E-state index contributed by atoms with van der Waals surface area (Å²) >= 11 is 0. The fourth-order valence-electron chi connectivity index (χ4n) is 3.40. The van der Waals surface area contributed by atoms with Crippen molar-refractivity contribution < 1.29 is 0 Å². The molecule has 0 atom stereocenters. The topological polar surface area (TPSA) is 39.8 Å². The Balaban J connectivity index is 0.000000707. The highest BCUT2D eigenvalue weighted by Crippen LogP contribution is 2.26. The van der Waals surface area contributed by atoms with Crippen molar-refractivity contribution in [2.24, 2.45) is 0 Å². The van der Waals surface area contributed by atoms with Crippen molar-refractivity contribution in [1.29, 1.82) is 0 Å². The number of hydrogen-bond acceptors (Lipinski definition) is 2. The molecule has 29 heavy (non-hydrogen) atoms. The molecule has 4 aromatic rings. The van der Waals surface area contributed by atoms with Crippen LogP contribution in [0.1, 0.15) is 30.8 Å². The van der Waals surface area contributed by atoms with Crippen LogP contribution in [0.25, 0.3) is 22.1 Å². The first-order valence-corrected chi connectivity index (χ1v) is 9.80. The first-order valence-electron chi connectivity index (χ1n) is 9.80. The molecule has 0 saturated heterocycles. The van der Waals surface area contributed by atoms with Gasteiger partial charge in [-0.1, -0.05) is 49.7 Å². The predicted octanol–water partition coefficient (Wildman–Crippen LogP) is 5.93. The minimum absolute atomic E-state index is 0.0864. The lowest BCUT2D eigenvalue weighted by Gasteiger charge is -2.08. The van der Waals surface area contributed by atoms with E-state index in [4.69, 9.17) is 0 Å². The van der Waals surface area contributed by atoms with E-state index in [1.165, 1.54) is 4.68 Å². The number of nitrogens with zero attached hydrogens (tertiary/aromatic N) is 3. The van der Waals surface area contributed by atoms with Crippen molar-refractivity contribution in [2.75, 3.05) is 0 Å². The molecule has 4 nitrogen and oxygen atoms in total. The minimum atomic E-state index is -0.0864. The van der Waals surface area contributed by atoms with Gasteiger partial charge in [-0.2, -0.15) is 9.78 Å². The summed E-state index contributed by atoms with van der Waals surface area (Å²) in [6.07, 6.45) is 1.79. The van der Waals surface area contributed by atoms with E-state index in [1.807, 2.05) is 89.2 Å². The smallest absolute Gasteiger partial charge is 0.281 e. The van der Waals surface area contributed by atoms with Crippen LogP contribution in [0.5, 0.6) is 0 Å². The van der Waals surface area contributed by atoms with Gasteiger partial charge < -0.3 is 4.57 Å². The van der Waals surface area contributed by atoms with Crippen molar-refractivity contribution in [3.8, 4) is 11.4 Å². The van der Waals surface area contributed by atoms with E-state index >= 15 is 0 Å². The second-order valence-corrected chi connectivity index (χ2v) is 6.33. The fourth-order valence-corrected chi connectivity index (χ4v) is 3.40. The van der Waals surface area contributed by atoms with Crippen molar-refractivity contribution in [3.05, 3.63) is 101 Å². The van der Waals surface area contributed by atoms with Crippen LogP contribution in [0.4, 0.5) is 0 Å². The van der Waals surface area contributed by atoms with Gasteiger partial charge in [0.2, 0.25) is 0 Å². The van der Waals surface area contributed by atoms with E-state index in [0.717, 1.165) is 39.1 Å². The number of rotatable bonds is 2. The zero-order valence-corrected chi connectivity index (χ0v) is 17.9. The van der Waals surface area contributed by atoms with E-state index in [-0.39, 0.29) is 5.56 Å². The molecule has 2 aromatic carbocycles. The van der Waals surface area contributed by atoms with E-state index in [1.54, 1.807) is 6.20 Å². The monoisotopic (exact) mass is 387 g/mol. The Bertz CT molecular complexity index is 1140. The van der Waals surface area contributed by atoms with Crippen LogP contribution in [-0.2, 0) is 0 Å². The van der Waals surface area contributed by atoms with Gasteiger partial charge >= 0.3 is 0 Å². The average Bonchev–Trinajstić information content (AvgIpc) is 3.03. The molecular formula is C25H29N3O. The maximum absolute atomic E-state index is 13.1. The zero-order valence-electron chi connectivity index (χ0n) is 17.9. The molecule has 0 bridgehead atoms. The summed E-state index contributed by atoms with van der Waals surface area (Å²) in [5.41, 5.74) is 4.86. The van der Waals surface area contributed by atoms with Crippen LogP contribution < -0.4 is 5.56 Å². The highest BCUT2D eigenvalue weighted by atomic mass is 16.1. The van der Waals surface area contributed by atoms with Gasteiger partial charge in [-0.25, -0.2) is 0 Å². The SMILES string of the molecule is C=C.CC.Cc1ccc(-n2ncc3c(C)n(-c4ccccc4)c(C)c3c2=O)cc1. The summed E-state index contributed by atoms with van der Waals surface area (Å²) in [7, 11) is 0. The van der Waals surface area contributed by atoms with E-state index < -0.39 is 0 Å². The molecule has 4 rings (SSSR count). The maximum Gasteiger partial charge on any atom is 0.281 e. The minimum Gasteiger partial charge on any atom is -0.317 e. The molecule has 0 aliphatic heterocycles. The van der Waals surface area contributed by atoms with Gasteiger partial charge in [-0.05, 0) is 45.0 Å². The van der Waals surface area contributed by atoms with Crippen molar-refractivity contribution in [1.82, 2.24) is 14.3 Å². The molecule has 0 N–H and O–H groups in total. The zero-order chi connectivity index (χ0) is 21.6. The molecule has 0 radical (unpaired) electrons. The summed E-state index contributed by atoms with van der Waals surface area (Å²) in [5, 5.41) is 6.02. The Hall–Kier alpha value is -3.40. The molecule has 4 heteroatoms. The Labute approximate surface area is 172 Å². The van der Waals surface area contributed by atoms with Crippen LogP contribution in [0, 0.1) is 20.8 Å². The first kappa shape index (κ1) is 21.9. The molecule has 0 amide bonds. The standard InChI is InChI=1S/C21H19N3O.C2H6.C2H4/c1-14-9-11-18(12-10-14)24-21(25)20-16(3)23(15(2)19(20)13-22-24)17-7-5-4-6-8-17;2*1-2/h4-13H,1-3H3;1-2H3;1-2H2. The number of hydrogen-bond donors (Lipinski definition) is 0. The molecule has 0 aliphatic rings. The summed E-state index contributed by atoms with van der Waals surface area (Å²) < 4.78 is 3.59. The highest BCUT2D eigenvalue weighted by Gasteiger charge is 2.17. The Kier molecular flexibility index (Phi) is 7.32. The Morgan fingerprint density at radius 2 is 1.38 bits per heavy atom. The number of benzene rings is 2. The molecule has 0 fully saturated rings. The van der Waals surface area contributed by atoms with Crippen LogP contribution in [-0.4, -0.2) is 14.3 Å². The highest BCUT2D eigenvalue weighted by molar-refractivity contribution is 5.88. The van der Waals surface area contributed by atoms with E-state index in [2.05, 4.69) is 22.8 Å². The van der Waals surface area contributed by atoms with Gasteiger partial charge in [0.05, 0.1) is 17.3 Å². The quantitative estimate of drug-likeness (QED) is 0.400. The van der Waals surface area contributed by atoms with E-state index in [9.17, 15) is 4.79 Å². The van der Waals surface area contributed by atoms with Crippen LogP contribution in [0.15, 0.2) is 78.7 Å². The molecule has 0 aliphatic carbocycles. The molecule has 0 unspecified atom stereocenters. The van der Waals surface area contributed by atoms with Crippen LogP contribution in [0.3, 0.4) is 0 Å². The molecule has 2 heterocycles. The number of fused-ring (bicyclic) bond motifs is 1. The van der Waals surface area contributed by atoms with Crippen molar-refractivity contribution in [2.45, 2.75) is 34.6 Å². The molecule has 0 saturated carbocycles. The number of aromatic nitrogens is 3. The summed E-state index contributed by atoms with van der Waals surface area (Å²) in [6.45, 7) is 16.0. The lowest BCUT2D eigenvalue weighted by atomic mass is 10.2. The summed E-state index contributed by atoms with van der Waals surface area (Å²) in [6, 6.07) is 17.9. The lowest BCUT2D eigenvalue weighted by molar-refractivity contribution is 0.820. The Morgan fingerprint density at radius 1 is 0.793 bits per heavy atom. The second-order valence-electron chi connectivity index (χ2n) is 6.33. The van der Waals surface area contributed by atoms with E-state index in [0.29, 0.717) is 0 Å². The van der Waals surface area contributed by atoms with Gasteiger partial charge in [-0.3, -0.25) is 4.79 Å². The first-order chi connectivity index (χ1) is 14.1. The number of para-hydroxylation sites is 1. The largest absolute Gasteiger partial charge is 0.317 e. The van der Waals surface area contributed by atoms with Crippen LogP contribution >= 0.6 is 0 Å².